The van der Waals surface area contributed by atoms with Crippen molar-refractivity contribution < 1.29 is 24.5 Å². The Hall–Kier alpha value is -2.81. The molecule has 1 aliphatic carbocycles. The number of carboxylic acids is 1. The number of carboxylic acid groups (broad SMARTS) is 1. The van der Waals surface area contributed by atoms with Crippen molar-refractivity contribution in [1.82, 2.24) is 0 Å². The van der Waals surface area contributed by atoms with Gasteiger partial charge in [0.1, 0.15) is 18.5 Å². The predicted octanol–water partition coefficient (Wildman–Crippen LogP) is 5.23. The molecule has 5 heteroatoms. The molecule has 0 bridgehead atoms. The molecule has 0 radical (unpaired) electrons. The zero-order valence-electron chi connectivity index (χ0n) is 20.2. The molecule has 0 heterocycles. The zero-order chi connectivity index (χ0) is 24.2. The first-order chi connectivity index (χ1) is 15.5. The normalized spacial score (nSPS) is 16.8. The Bertz CT molecular complexity index is 1050. The molecule has 1 unspecified atom stereocenters. The second kappa shape index (κ2) is 9.99. The van der Waals surface area contributed by atoms with Crippen molar-refractivity contribution in [3.05, 3.63) is 64.2 Å². The third-order valence-electron chi connectivity index (χ3n) is 6.40. The molecule has 1 aliphatic rings. The van der Waals surface area contributed by atoms with Gasteiger partial charge in [-0.1, -0.05) is 45.6 Å². The number of aromatic carboxylic acids is 1. The summed E-state index contributed by atoms with van der Waals surface area (Å²) in [6.45, 7) is 12.5. The van der Waals surface area contributed by atoms with E-state index in [1.165, 1.54) is 23.3 Å². The molecule has 0 aromatic heterocycles. The van der Waals surface area contributed by atoms with Crippen LogP contribution in [-0.4, -0.2) is 36.0 Å². The Labute approximate surface area is 196 Å². The lowest BCUT2D eigenvalue weighted by atomic mass is 9.62. The molecule has 5 nitrogen and oxygen atoms in total. The average molecular weight is 451 g/mol. The first-order valence-electron chi connectivity index (χ1n) is 11.5. The number of hydrogen-bond acceptors (Lipinski definition) is 4. The summed E-state index contributed by atoms with van der Waals surface area (Å²) in [5.41, 5.74) is 3.85. The summed E-state index contributed by atoms with van der Waals surface area (Å²) in [6, 6.07) is 10.3. The molecule has 2 N–H and O–H groups in total. The second-order valence-electron chi connectivity index (χ2n) is 9.81. The summed E-state index contributed by atoms with van der Waals surface area (Å²) in [7, 11) is 0. The summed E-state index contributed by atoms with van der Waals surface area (Å²) < 4.78 is 11.6. The molecule has 0 saturated heterocycles. The van der Waals surface area contributed by atoms with Crippen LogP contribution in [0.1, 0.15) is 86.2 Å². The molecular formula is C28H34O5. The standard InChI is InChI=1S/C28H34O5/c1-6-32-15-16-33-24-18-21(17-22-25(24)28(4,5)14-13-27(22,2)3)23(29)12-9-19-7-10-20(11-8-19)26(30)31/h7-8,10-11,17-18,23,29H,6,13-16H2,1-5H3,(H,30,31). The highest BCUT2D eigenvalue weighted by molar-refractivity contribution is 5.87. The number of ether oxygens (including phenoxy) is 2. The third-order valence-corrected chi connectivity index (χ3v) is 6.40. The minimum absolute atomic E-state index is 0.0349. The fourth-order valence-electron chi connectivity index (χ4n) is 4.31. The number of fused-ring (bicyclic) bond motifs is 1. The van der Waals surface area contributed by atoms with E-state index in [1.807, 2.05) is 13.0 Å². The molecule has 0 amide bonds. The van der Waals surface area contributed by atoms with E-state index in [4.69, 9.17) is 14.6 Å². The van der Waals surface area contributed by atoms with Crippen LogP contribution in [0.15, 0.2) is 36.4 Å². The Balaban J connectivity index is 1.97. The van der Waals surface area contributed by atoms with Crippen LogP contribution in [0.3, 0.4) is 0 Å². The van der Waals surface area contributed by atoms with Crippen LogP contribution in [0.5, 0.6) is 5.75 Å². The summed E-state index contributed by atoms with van der Waals surface area (Å²) in [5, 5.41) is 20.0. The molecular weight excluding hydrogens is 416 g/mol. The van der Waals surface area contributed by atoms with Gasteiger partial charge in [0.15, 0.2) is 0 Å². The number of carbonyl (C=O) groups is 1. The maximum absolute atomic E-state index is 11.0. The van der Waals surface area contributed by atoms with Crippen molar-refractivity contribution in [2.24, 2.45) is 0 Å². The largest absolute Gasteiger partial charge is 0.491 e. The highest BCUT2D eigenvalue weighted by Gasteiger charge is 2.40. The molecule has 0 saturated carbocycles. The van der Waals surface area contributed by atoms with Gasteiger partial charge in [0.25, 0.3) is 0 Å². The summed E-state index contributed by atoms with van der Waals surface area (Å²) in [4.78, 5) is 11.0. The van der Waals surface area contributed by atoms with E-state index in [0.717, 1.165) is 18.6 Å². The Morgan fingerprint density at radius 2 is 1.73 bits per heavy atom. The maximum atomic E-state index is 11.0. The summed E-state index contributed by atoms with van der Waals surface area (Å²) in [5.74, 6) is 5.66. The van der Waals surface area contributed by atoms with Gasteiger partial charge in [-0.25, -0.2) is 4.79 Å². The van der Waals surface area contributed by atoms with Crippen molar-refractivity contribution in [3.63, 3.8) is 0 Å². The third kappa shape index (κ3) is 5.76. The van der Waals surface area contributed by atoms with E-state index < -0.39 is 12.1 Å². The van der Waals surface area contributed by atoms with E-state index in [-0.39, 0.29) is 16.4 Å². The van der Waals surface area contributed by atoms with E-state index in [9.17, 15) is 9.90 Å². The highest BCUT2D eigenvalue weighted by atomic mass is 16.5. The first-order valence-corrected chi connectivity index (χ1v) is 11.5. The van der Waals surface area contributed by atoms with Crippen molar-refractivity contribution in [2.45, 2.75) is 64.4 Å². The van der Waals surface area contributed by atoms with Crippen LogP contribution >= 0.6 is 0 Å². The van der Waals surface area contributed by atoms with Crippen molar-refractivity contribution >= 4 is 5.97 Å². The summed E-state index contributed by atoms with van der Waals surface area (Å²) >= 11 is 0. The van der Waals surface area contributed by atoms with Crippen LogP contribution in [0.2, 0.25) is 0 Å². The molecule has 2 aromatic rings. The fourth-order valence-corrected chi connectivity index (χ4v) is 4.31. The first kappa shape index (κ1) is 24.8. The van der Waals surface area contributed by atoms with E-state index in [1.54, 1.807) is 12.1 Å². The molecule has 1 atom stereocenters. The average Bonchev–Trinajstić information content (AvgIpc) is 2.78. The lowest BCUT2D eigenvalue weighted by molar-refractivity contribution is 0.0697. The number of benzene rings is 2. The SMILES string of the molecule is CCOCCOc1cc(C(O)C#Cc2ccc(C(=O)O)cc2)cc2c1C(C)(C)CCC2(C)C. The van der Waals surface area contributed by atoms with E-state index in [2.05, 4.69) is 45.6 Å². The van der Waals surface area contributed by atoms with Crippen LogP contribution in [-0.2, 0) is 15.6 Å². The van der Waals surface area contributed by atoms with Crippen LogP contribution in [0, 0.1) is 11.8 Å². The number of rotatable bonds is 7. The molecule has 0 fully saturated rings. The molecule has 33 heavy (non-hydrogen) atoms. The van der Waals surface area contributed by atoms with Crippen LogP contribution in [0.25, 0.3) is 0 Å². The zero-order valence-corrected chi connectivity index (χ0v) is 20.2. The maximum Gasteiger partial charge on any atom is 0.335 e. The van der Waals surface area contributed by atoms with Gasteiger partial charge in [0.05, 0.1) is 12.2 Å². The summed E-state index contributed by atoms with van der Waals surface area (Å²) in [6.07, 6.45) is 1.11. The lowest BCUT2D eigenvalue weighted by Crippen LogP contribution is -2.34. The van der Waals surface area contributed by atoms with Gasteiger partial charge in [-0.05, 0) is 72.1 Å². The van der Waals surface area contributed by atoms with Gasteiger partial charge in [0.2, 0.25) is 0 Å². The topological polar surface area (TPSA) is 76.0 Å². The number of aliphatic hydroxyl groups is 1. The van der Waals surface area contributed by atoms with Crippen LogP contribution < -0.4 is 4.74 Å². The fraction of sp³-hybridized carbons (Fsp3) is 0.464. The minimum Gasteiger partial charge on any atom is -0.491 e. The van der Waals surface area contributed by atoms with E-state index in [0.29, 0.717) is 30.9 Å². The smallest absolute Gasteiger partial charge is 0.335 e. The van der Waals surface area contributed by atoms with Crippen molar-refractivity contribution in [1.29, 1.82) is 0 Å². The van der Waals surface area contributed by atoms with E-state index >= 15 is 0 Å². The lowest BCUT2D eigenvalue weighted by Gasteiger charge is -2.43. The Morgan fingerprint density at radius 3 is 2.36 bits per heavy atom. The van der Waals surface area contributed by atoms with Gasteiger partial charge in [-0.15, -0.1) is 0 Å². The van der Waals surface area contributed by atoms with Gasteiger partial charge < -0.3 is 19.7 Å². The molecule has 0 spiro atoms. The predicted molar refractivity (Wildman–Crippen MR) is 129 cm³/mol. The molecule has 0 aliphatic heterocycles. The van der Waals surface area contributed by atoms with Gasteiger partial charge in [0, 0.05) is 17.7 Å². The number of aliphatic hydroxyl groups excluding tert-OH is 1. The minimum atomic E-state index is -0.996. The number of hydrogen-bond donors (Lipinski definition) is 2. The van der Waals surface area contributed by atoms with Gasteiger partial charge >= 0.3 is 5.97 Å². The van der Waals surface area contributed by atoms with Crippen molar-refractivity contribution in [2.75, 3.05) is 19.8 Å². The second-order valence-corrected chi connectivity index (χ2v) is 9.81. The van der Waals surface area contributed by atoms with Gasteiger partial charge in [-0.3, -0.25) is 0 Å². The highest BCUT2D eigenvalue weighted by Crippen LogP contribution is 2.50. The Morgan fingerprint density at radius 1 is 1.06 bits per heavy atom. The Kier molecular flexibility index (Phi) is 7.51. The van der Waals surface area contributed by atoms with Crippen molar-refractivity contribution in [3.8, 4) is 17.6 Å². The quantitative estimate of drug-likeness (QED) is 0.446. The van der Waals surface area contributed by atoms with Gasteiger partial charge in [-0.2, -0.15) is 0 Å². The van der Waals surface area contributed by atoms with Crippen LogP contribution in [0.4, 0.5) is 0 Å². The monoisotopic (exact) mass is 450 g/mol. The molecule has 176 valence electrons. The molecule has 2 aromatic carbocycles. The molecule has 3 rings (SSSR count).